The van der Waals surface area contributed by atoms with E-state index >= 15 is 0 Å². The zero-order valence-electron chi connectivity index (χ0n) is 12.1. The van der Waals surface area contributed by atoms with Crippen LogP contribution in [0.1, 0.15) is 43.1 Å². The smallest absolute Gasteiger partial charge is 0.0750 e. The third-order valence-corrected chi connectivity index (χ3v) is 3.50. The summed E-state index contributed by atoms with van der Waals surface area (Å²) in [6.45, 7) is 5.41. The van der Waals surface area contributed by atoms with Gasteiger partial charge in [0.15, 0.2) is 0 Å². The minimum atomic E-state index is 0.226. The Kier molecular flexibility index (Phi) is 4.74. The predicted octanol–water partition coefficient (Wildman–Crippen LogP) is 3.07. The van der Waals surface area contributed by atoms with Crippen molar-refractivity contribution in [2.75, 3.05) is 6.54 Å². The normalized spacial score (nSPS) is 12.6. The summed E-state index contributed by atoms with van der Waals surface area (Å²) < 4.78 is 1.96. The summed E-state index contributed by atoms with van der Waals surface area (Å²) in [5, 5.41) is 7.95. The first kappa shape index (κ1) is 13.8. The molecule has 1 atom stereocenters. The average Bonchev–Trinajstić information content (AvgIpc) is 2.86. The van der Waals surface area contributed by atoms with Crippen LogP contribution in [0.15, 0.2) is 36.5 Å². The third-order valence-electron chi connectivity index (χ3n) is 3.50. The van der Waals surface area contributed by atoms with Gasteiger partial charge in [0.2, 0.25) is 0 Å². The fraction of sp³-hybridized carbons (Fsp3) is 0.438. The predicted molar refractivity (Wildman–Crippen MR) is 79.2 cm³/mol. The summed E-state index contributed by atoms with van der Waals surface area (Å²) in [6.07, 6.45) is 4.05. The van der Waals surface area contributed by atoms with Gasteiger partial charge in [0.05, 0.1) is 11.7 Å². The maximum Gasteiger partial charge on any atom is 0.0750 e. The van der Waals surface area contributed by atoms with Crippen LogP contribution in [0.5, 0.6) is 0 Å². The molecule has 1 N–H and O–H groups in total. The Labute approximate surface area is 115 Å². The zero-order valence-corrected chi connectivity index (χ0v) is 12.1. The molecule has 0 fully saturated rings. The first-order chi connectivity index (χ1) is 9.27. The van der Waals surface area contributed by atoms with Crippen LogP contribution in [0.2, 0.25) is 0 Å². The summed E-state index contributed by atoms with van der Waals surface area (Å²) in [4.78, 5) is 0. The lowest BCUT2D eigenvalue weighted by molar-refractivity contribution is 0.550. The standard InChI is InChI=1S/C16H23N3/c1-4-11-17-16(15-10-12-18-19(15)3)14-9-7-6-8-13(14)5-2/h6-10,12,16-17H,4-5,11H2,1-3H3. The molecule has 1 heterocycles. The van der Waals surface area contributed by atoms with E-state index < -0.39 is 0 Å². The van der Waals surface area contributed by atoms with Gasteiger partial charge in [0.1, 0.15) is 0 Å². The van der Waals surface area contributed by atoms with Crippen molar-refractivity contribution in [2.45, 2.75) is 32.7 Å². The Balaban J connectivity index is 2.40. The Morgan fingerprint density at radius 2 is 2.00 bits per heavy atom. The van der Waals surface area contributed by atoms with E-state index in [2.05, 4.69) is 54.6 Å². The molecule has 3 heteroatoms. The van der Waals surface area contributed by atoms with Gasteiger partial charge in [-0.05, 0) is 36.6 Å². The second kappa shape index (κ2) is 6.53. The SMILES string of the molecule is CCCNC(c1ccccc1CC)c1ccnn1C. The number of rotatable bonds is 6. The van der Waals surface area contributed by atoms with Crippen molar-refractivity contribution in [1.29, 1.82) is 0 Å². The third kappa shape index (κ3) is 3.04. The Morgan fingerprint density at radius 1 is 1.21 bits per heavy atom. The Morgan fingerprint density at radius 3 is 2.63 bits per heavy atom. The number of aromatic nitrogens is 2. The maximum absolute atomic E-state index is 4.30. The largest absolute Gasteiger partial charge is 0.305 e. The maximum atomic E-state index is 4.30. The molecule has 0 aliphatic heterocycles. The molecule has 1 unspecified atom stereocenters. The highest BCUT2D eigenvalue weighted by Crippen LogP contribution is 2.25. The van der Waals surface area contributed by atoms with Crippen molar-refractivity contribution >= 4 is 0 Å². The van der Waals surface area contributed by atoms with E-state index in [1.807, 2.05) is 17.9 Å². The molecule has 2 rings (SSSR count). The summed E-state index contributed by atoms with van der Waals surface area (Å²) in [5.74, 6) is 0. The lowest BCUT2D eigenvalue weighted by Gasteiger charge is -2.22. The van der Waals surface area contributed by atoms with Crippen molar-refractivity contribution in [3.8, 4) is 0 Å². The molecule has 0 aliphatic rings. The first-order valence-corrected chi connectivity index (χ1v) is 7.07. The number of nitrogens with zero attached hydrogens (tertiary/aromatic N) is 2. The highest BCUT2D eigenvalue weighted by molar-refractivity contribution is 5.35. The van der Waals surface area contributed by atoms with Crippen molar-refractivity contribution < 1.29 is 0 Å². The highest BCUT2D eigenvalue weighted by Gasteiger charge is 2.18. The van der Waals surface area contributed by atoms with Gasteiger partial charge in [-0.3, -0.25) is 4.68 Å². The molecule has 102 valence electrons. The number of aryl methyl sites for hydroxylation is 2. The molecule has 0 amide bonds. The summed E-state index contributed by atoms with van der Waals surface area (Å²) in [7, 11) is 2.00. The molecule has 2 aromatic rings. The van der Waals surface area contributed by atoms with Gasteiger partial charge >= 0.3 is 0 Å². The van der Waals surface area contributed by atoms with Crippen LogP contribution >= 0.6 is 0 Å². The van der Waals surface area contributed by atoms with Crippen LogP contribution in [0.3, 0.4) is 0 Å². The number of nitrogens with one attached hydrogen (secondary N) is 1. The average molecular weight is 257 g/mol. The van der Waals surface area contributed by atoms with Gasteiger partial charge in [0, 0.05) is 13.2 Å². The van der Waals surface area contributed by atoms with E-state index in [-0.39, 0.29) is 6.04 Å². The lowest BCUT2D eigenvalue weighted by Crippen LogP contribution is -2.26. The van der Waals surface area contributed by atoms with Crippen molar-refractivity contribution in [3.05, 3.63) is 53.3 Å². The van der Waals surface area contributed by atoms with Gasteiger partial charge in [-0.25, -0.2) is 0 Å². The van der Waals surface area contributed by atoms with Gasteiger partial charge in [-0.2, -0.15) is 5.10 Å². The molecular formula is C16H23N3. The molecule has 0 bridgehead atoms. The van der Waals surface area contributed by atoms with Gasteiger partial charge in [-0.1, -0.05) is 38.1 Å². The fourth-order valence-corrected chi connectivity index (χ4v) is 2.47. The van der Waals surface area contributed by atoms with E-state index in [4.69, 9.17) is 0 Å². The van der Waals surface area contributed by atoms with E-state index in [1.54, 1.807) is 0 Å². The Hall–Kier alpha value is -1.61. The molecule has 19 heavy (non-hydrogen) atoms. The molecule has 1 aromatic carbocycles. The number of hydrogen-bond acceptors (Lipinski definition) is 2. The second-order valence-electron chi connectivity index (χ2n) is 4.82. The molecule has 0 saturated carbocycles. The molecule has 0 saturated heterocycles. The van der Waals surface area contributed by atoms with Crippen LogP contribution in [-0.2, 0) is 13.5 Å². The van der Waals surface area contributed by atoms with Crippen LogP contribution in [0.4, 0.5) is 0 Å². The second-order valence-corrected chi connectivity index (χ2v) is 4.82. The van der Waals surface area contributed by atoms with Crippen molar-refractivity contribution in [1.82, 2.24) is 15.1 Å². The molecular weight excluding hydrogens is 234 g/mol. The van der Waals surface area contributed by atoms with Crippen LogP contribution < -0.4 is 5.32 Å². The van der Waals surface area contributed by atoms with Crippen molar-refractivity contribution in [2.24, 2.45) is 7.05 Å². The molecule has 3 nitrogen and oxygen atoms in total. The number of benzene rings is 1. The lowest BCUT2D eigenvalue weighted by atomic mass is 9.96. The monoisotopic (exact) mass is 257 g/mol. The van der Waals surface area contributed by atoms with E-state index in [9.17, 15) is 0 Å². The van der Waals surface area contributed by atoms with Gasteiger partial charge < -0.3 is 5.32 Å². The molecule has 1 aromatic heterocycles. The van der Waals surface area contributed by atoms with E-state index in [0.29, 0.717) is 0 Å². The summed E-state index contributed by atoms with van der Waals surface area (Å²) in [6, 6.07) is 11.0. The van der Waals surface area contributed by atoms with Gasteiger partial charge in [0.25, 0.3) is 0 Å². The molecule has 0 aliphatic carbocycles. The van der Waals surface area contributed by atoms with Crippen LogP contribution in [0.25, 0.3) is 0 Å². The highest BCUT2D eigenvalue weighted by atomic mass is 15.3. The van der Waals surface area contributed by atoms with E-state index in [0.717, 1.165) is 19.4 Å². The Bertz CT molecular complexity index is 516. The summed E-state index contributed by atoms with van der Waals surface area (Å²) in [5.41, 5.74) is 3.98. The van der Waals surface area contributed by atoms with E-state index in [1.165, 1.54) is 16.8 Å². The zero-order chi connectivity index (χ0) is 13.7. The first-order valence-electron chi connectivity index (χ1n) is 7.07. The minimum absolute atomic E-state index is 0.226. The van der Waals surface area contributed by atoms with Crippen LogP contribution in [-0.4, -0.2) is 16.3 Å². The molecule has 0 radical (unpaired) electrons. The minimum Gasteiger partial charge on any atom is -0.305 e. The topological polar surface area (TPSA) is 29.9 Å². The fourth-order valence-electron chi connectivity index (χ4n) is 2.47. The summed E-state index contributed by atoms with van der Waals surface area (Å²) >= 11 is 0. The molecule has 0 spiro atoms. The van der Waals surface area contributed by atoms with Crippen LogP contribution in [0, 0.1) is 0 Å². The number of hydrogen-bond donors (Lipinski definition) is 1. The van der Waals surface area contributed by atoms with Crippen molar-refractivity contribution in [3.63, 3.8) is 0 Å². The van der Waals surface area contributed by atoms with Gasteiger partial charge in [-0.15, -0.1) is 0 Å². The quantitative estimate of drug-likeness (QED) is 0.862.